The molecule has 1 aromatic carbocycles. The molecule has 0 aliphatic carbocycles. The first-order valence-electron chi connectivity index (χ1n) is 6.91. The third-order valence-corrected chi connectivity index (χ3v) is 3.15. The first-order valence-corrected chi connectivity index (χ1v) is 6.91. The van der Waals surface area contributed by atoms with Gasteiger partial charge >= 0.3 is 0 Å². The fourth-order valence-electron chi connectivity index (χ4n) is 1.94. The van der Waals surface area contributed by atoms with Gasteiger partial charge in [0.05, 0.1) is 13.7 Å². The Hall–Kier alpha value is -3.22. The fraction of sp³-hybridized carbons (Fsp3) is 0.125. The minimum absolute atomic E-state index is 0.181. The maximum Gasteiger partial charge on any atom is 0.257 e. The number of ether oxygens (including phenoxy) is 1. The Morgan fingerprint density at radius 3 is 2.61 bits per heavy atom. The summed E-state index contributed by atoms with van der Waals surface area (Å²) in [6.07, 6.45) is 3.12. The predicted molar refractivity (Wildman–Crippen MR) is 81.7 cm³/mol. The van der Waals surface area contributed by atoms with Gasteiger partial charge in [-0.1, -0.05) is 5.16 Å². The Morgan fingerprint density at radius 1 is 1.17 bits per heavy atom. The zero-order chi connectivity index (χ0) is 16.1. The van der Waals surface area contributed by atoms with E-state index < -0.39 is 0 Å². The normalized spacial score (nSPS) is 10.3. The van der Waals surface area contributed by atoms with Crippen molar-refractivity contribution >= 4 is 5.91 Å². The number of carbonyl (C=O) groups is 1. The van der Waals surface area contributed by atoms with E-state index in [1.54, 1.807) is 31.6 Å². The van der Waals surface area contributed by atoms with Crippen LogP contribution < -0.4 is 10.1 Å². The monoisotopic (exact) mass is 310 g/mol. The van der Waals surface area contributed by atoms with E-state index in [0.29, 0.717) is 17.3 Å². The molecule has 0 bridgehead atoms. The lowest BCUT2D eigenvalue weighted by Crippen LogP contribution is -2.23. The van der Waals surface area contributed by atoms with Crippen molar-refractivity contribution in [1.29, 1.82) is 0 Å². The van der Waals surface area contributed by atoms with E-state index in [4.69, 9.17) is 9.26 Å². The summed E-state index contributed by atoms with van der Waals surface area (Å²) >= 11 is 0. The Balaban J connectivity index is 1.64. The smallest absolute Gasteiger partial charge is 0.257 e. The van der Waals surface area contributed by atoms with Crippen molar-refractivity contribution in [2.75, 3.05) is 7.11 Å². The molecule has 1 amide bonds. The van der Waals surface area contributed by atoms with E-state index in [1.807, 2.05) is 24.3 Å². The van der Waals surface area contributed by atoms with Crippen molar-refractivity contribution in [2.45, 2.75) is 6.54 Å². The molecule has 0 radical (unpaired) electrons. The van der Waals surface area contributed by atoms with Gasteiger partial charge in [-0.05, 0) is 36.4 Å². The van der Waals surface area contributed by atoms with Gasteiger partial charge in [0.15, 0.2) is 5.82 Å². The van der Waals surface area contributed by atoms with Crippen LogP contribution in [0.5, 0.6) is 5.75 Å². The fourth-order valence-corrected chi connectivity index (χ4v) is 1.94. The number of pyridine rings is 1. The van der Waals surface area contributed by atoms with Gasteiger partial charge in [-0.2, -0.15) is 4.98 Å². The quantitative estimate of drug-likeness (QED) is 0.776. The minimum Gasteiger partial charge on any atom is -0.497 e. The average molecular weight is 310 g/mol. The molecule has 0 spiro atoms. The molecule has 0 fully saturated rings. The van der Waals surface area contributed by atoms with Gasteiger partial charge in [0.25, 0.3) is 11.8 Å². The van der Waals surface area contributed by atoms with Gasteiger partial charge in [-0.15, -0.1) is 0 Å². The number of carbonyl (C=O) groups excluding carboxylic acids is 1. The number of amides is 1. The van der Waals surface area contributed by atoms with Gasteiger partial charge in [-0.25, -0.2) is 0 Å². The van der Waals surface area contributed by atoms with E-state index in [1.165, 1.54) is 0 Å². The zero-order valence-electron chi connectivity index (χ0n) is 12.4. The molecule has 2 aromatic heterocycles. The summed E-state index contributed by atoms with van der Waals surface area (Å²) in [4.78, 5) is 20.0. The number of nitrogens with one attached hydrogen (secondary N) is 1. The van der Waals surface area contributed by atoms with E-state index in [9.17, 15) is 4.79 Å². The second-order valence-corrected chi connectivity index (χ2v) is 4.66. The third kappa shape index (κ3) is 3.52. The Kier molecular flexibility index (Phi) is 4.28. The molecular formula is C16H14N4O3. The van der Waals surface area contributed by atoms with Gasteiger partial charge in [-0.3, -0.25) is 9.78 Å². The van der Waals surface area contributed by atoms with Gasteiger partial charge in [0.1, 0.15) is 5.75 Å². The van der Waals surface area contributed by atoms with Crippen LogP contribution in [0.4, 0.5) is 0 Å². The largest absolute Gasteiger partial charge is 0.497 e. The highest BCUT2D eigenvalue weighted by Gasteiger charge is 2.11. The van der Waals surface area contributed by atoms with Gasteiger partial charge < -0.3 is 14.6 Å². The van der Waals surface area contributed by atoms with Gasteiger partial charge in [0.2, 0.25) is 0 Å². The number of benzene rings is 1. The van der Waals surface area contributed by atoms with Crippen LogP contribution in [0.3, 0.4) is 0 Å². The molecule has 7 nitrogen and oxygen atoms in total. The number of hydrogen-bond acceptors (Lipinski definition) is 6. The topological polar surface area (TPSA) is 90.1 Å². The molecule has 3 rings (SSSR count). The first kappa shape index (κ1) is 14.7. The minimum atomic E-state index is -0.219. The molecule has 0 unspecified atom stereocenters. The summed E-state index contributed by atoms with van der Waals surface area (Å²) in [5.41, 5.74) is 1.31. The summed E-state index contributed by atoms with van der Waals surface area (Å²) in [5, 5.41) is 6.58. The van der Waals surface area contributed by atoms with Crippen LogP contribution in [0.15, 0.2) is 53.3 Å². The van der Waals surface area contributed by atoms with Crippen LogP contribution in [0.2, 0.25) is 0 Å². The van der Waals surface area contributed by atoms with Crippen LogP contribution in [-0.2, 0) is 6.54 Å². The molecule has 0 saturated carbocycles. The first-order chi connectivity index (χ1) is 11.3. The van der Waals surface area contributed by atoms with Crippen molar-refractivity contribution in [3.05, 3.63) is 60.2 Å². The van der Waals surface area contributed by atoms with Crippen LogP contribution in [-0.4, -0.2) is 28.1 Å². The third-order valence-electron chi connectivity index (χ3n) is 3.15. The molecule has 0 aliphatic rings. The summed E-state index contributed by atoms with van der Waals surface area (Å²) < 4.78 is 10.3. The molecule has 7 heteroatoms. The maximum atomic E-state index is 11.9. The number of rotatable bonds is 5. The van der Waals surface area contributed by atoms with Crippen molar-refractivity contribution in [1.82, 2.24) is 20.4 Å². The molecular weight excluding hydrogens is 296 g/mol. The lowest BCUT2D eigenvalue weighted by Gasteiger charge is -2.01. The molecule has 23 heavy (non-hydrogen) atoms. The van der Waals surface area contributed by atoms with Crippen molar-refractivity contribution < 1.29 is 14.1 Å². The average Bonchev–Trinajstić information content (AvgIpc) is 3.09. The standard InChI is InChI=1S/C16H14N4O3/c1-22-13-4-2-12(3-5-13)16-19-14(20-23-16)10-18-15(21)11-6-8-17-9-7-11/h2-9H,10H2,1H3,(H,18,21). The van der Waals surface area contributed by atoms with Crippen molar-refractivity contribution in [2.24, 2.45) is 0 Å². The summed E-state index contributed by atoms with van der Waals surface area (Å²) in [6.45, 7) is 0.181. The molecule has 2 heterocycles. The van der Waals surface area contributed by atoms with E-state index in [0.717, 1.165) is 11.3 Å². The Labute approximate surface area is 132 Å². The van der Waals surface area contributed by atoms with Crippen LogP contribution in [0.1, 0.15) is 16.2 Å². The summed E-state index contributed by atoms with van der Waals surface area (Å²) in [6, 6.07) is 10.5. The molecule has 116 valence electrons. The molecule has 1 N–H and O–H groups in total. The molecule has 0 aliphatic heterocycles. The number of aromatic nitrogens is 3. The van der Waals surface area contributed by atoms with Gasteiger partial charge in [0, 0.05) is 23.5 Å². The Bertz CT molecular complexity index is 785. The number of methoxy groups -OCH3 is 1. The van der Waals surface area contributed by atoms with Crippen LogP contribution in [0, 0.1) is 0 Å². The SMILES string of the molecule is COc1ccc(-c2nc(CNC(=O)c3ccncc3)no2)cc1. The molecule has 0 saturated heterocycles. The maximum absolute atomic E-state index is 11.9. The lowest BCUT2D eigenvalue weighted by atomic mass is 10.2. The van der Waals surface area contributed by atoms with Crippen LogP contribution in [0.25, 0.3) is 11.5 Å². The zero-order valence-corrected chi connectivity index (χ0v) is 12.4. The van der Waals surface area contributed by atoms with Crippen molar-refractivity contribution in [3.63, 3.8) is 0 Å². The van der Waals surface area contributed by atoms with E-state index >= 15 is 0 Å². The highest BCUT2D eigenvalue weighted by molar-refractivity contribution is 5.93. The lowest BCUT2D eigenvalue weighted by molar-refractivity contribution is 0.0949. The second-order valence-electron chi connectivity index (χ2n) is 4.66. The predicted octanol–water partition coefficient (Wildman–Crippen LogP) is 2.07. The molecule has 0 atom stereocenters. The second kappa shape index (κ2) is 6.69. The molecule has 3 aromatic rings. The summed E-state index contributed by atoms with van der Waals surface area (Å²) in [5.74, 6) is 1.32. The number of hydrogen-bond donors (Lipinski definition) is 1. The van der Waals surface area contributed by atoms with E-state index in [2.05, 4.69) is 20.4 Å². The van der Waals surface area contributed by atoms with E-state index in [-0.39, 0.29) is 12.5 Å². The highest BCUT2D eigenvalue weighted by Crippen LogP contribution is 2.20. The Morgan fingerprint density at radius 2 is 1.91 bits per heavy atom. The van der Waals surface area contributed by atoms with Crippen LogP contribution >= 0.6 is 0 Å². The number of nitrogens with zero attached hydrogens (tertiary/aromatic N) is 3. The highest BCUT2D eigenvalue weighted by atomic mass is 16.5. The summed E-state index contributed by atoms with van der Waals surface area (Å²) in [7, 11) is 1.60. The van der Waals surface area contributed by atoms with Crippen molar-refractivity contribution in [3.8, 4) is 17.2 Å².